The molecule has 0 spiro atoms. The number of nitro benzene ring substituents is 1. The van der Waals surface area contributed by atoms with Crippen LogP contribution in [-0.4, -0.2) is 28.1 Å². The quantitative estimate of drug-likeness (QED) is 0.326. The molecule has 0 heterocycles. The van der Waals surface area contributed by atoms with E-state index in [1.165, 1.54) is 6.07 Å². The van der Waals surface area contributed by atoms with Gasteiger partial charge >= 0.3 is 17.5 Å². The van der Waals surface area contributed by atoms with E-state index in [2.05, 4.69) is 10.4 Å². The Hall–Kier alpha value is -3.46. The van der Waals surface area contributed by atoms with Crippen LogP contribution >= 0.6 is 11.6 Å². The van der Waals surface area contributed by atoms with Gasteiger partial charge in [0.2, 0.25) is 5.75 Å². The van der Waals surface area contributed by atoms with E-state index in [1.807, 2.05) is 12.3 Å². The van der Waals surface area contributed by atoms with E-state index in [-0.39, 0.29) is 10.6 Å². The Morgan fingerprint density at radius 1 is 1.23 bits per heavy atom. The molecule has 0 aliphatic rings. The van der Waals surface area contributed by atoms with Crippen LogP contribution in [0, 0.1) is 17.0 Å². The Balaban J connectivity index is 2.03. The molecule has 0 aromatic heterocycles. The molecule has 2 aromatic rings. The summed E-state index contributed by atoms with van der Waals surface area (Å²) in [7, 11) is 0. The molecular weight excluding hydrogens is 364 g/mol. The number of anilines is 1. The number of nitro groups is 1. The van der Waals surface area contributed by atoms with Gasteiger partial charge in [-0.3, -0.25) is 19.7 Å². The molecule has 134 valence electrons. The van der Waals surface area contributed by atoms with Crippen molar-refractivity contribution in [3.05, 3.63) is 62.7 Å². The Kier molecular flexibility index (Phi) is 5.86. The smallest absolute Gasteiger partial charge is 0.329 e. The molecule has 2 amide bonds. The summed E-state index contributed by atoms with van der Waals surface area (Å²) >= 11 is 5.73. The maximum absolute atomic E-state index is 11.7. The monoisotopic (exact) mass is 376 g/mol. The van der Waals surface area contributed by atoms with Gasteiger partial charge in [-0.05, 0) is 25.1 Å². The number of carbonyl (C=O) groups excluding carboxylic acids is 2. The van der Waals surface area contributed by atoms with Crippen molar-refractivity contribution < 1.29 is 19.6 Å². The number of hydrogen-bond donors (Lipinski definition) is 3. The first-order chi connectivity index (χ1) is 12.3. The lowest BCUT2D eigenvalue weighted by atomic mass is 10.2. The van der Waals surface area contributed by atoms with Crippen LogP contribution in [-0.2, 0) is 9.59 Å². The van der Waals surface area contributed by atoms with Crippen molar-refractivity contribution in [1.29, 1.82) is 0 Å². The van der Waals surface area contributed by atoms with Gasteiger partial charge in [-0.25, -0.2) is 5.43 Å². The summed E-state index contributed by atoms with van der Waals surface area (Å²) < 4.78 is 0. The van der Waals surface area contributed by atoms with Crippen LogP contribution in [0.1, 0.15) is 11.1 Å². The average molecular weight is 377 g/mol. The van der Waals surface area contributed by atoms with Crippen molar-refractivity contribution in [1.82, 2.24) is 5.43 Å². The van der Waals surface area contributed by atoms with E-state index in [4.69, 9.17) is 11.6 Å². The highest BCUT2D eigenvalue weighted by Gasteiger charge is 2.18. The molecule has 2 rings (SSSR count). The van der Waals surface area contributed by atoms with Gasteiger partial charge in [0, 0.05) is 22.3 Å². The van der Waals surface area contributed by atoms with Crippen LogP contribution in [0.15, 0.2) is 41.5 Å². The molecule has 26 heavy (non-hydrogen) atoms. The number of aromatic hydroxyl groups is 1. The number of nitrogens with zero attached hydrogens (tertiary/aromatic N) is 2. The van der Waals surface area contributed by atoms with E-state index >= 15 is 0 Å². The van der Waals surface area contributed by atoms with Crippen LogP contribution in [0.25, 0.3) is 0 Å². The molecule has 3 N–H and O–H groups in total. The summed E-state index contributed by atoms with van der Waals surface area (Å²) in [6.45, 7) is 1.88. The molecule has 0 bridgehead atoms. The van der Waals surface area contributed by atoms with Crippen LogP contribution in [0.4, 0.5) is 11.4 Å². The molecule has 0 atom stereocenters. The summed E-state index contributed by atoms with van der Waals surface area (Å²) in [4.78, 5) is 33.4. The van der Waals surface area contributed by atoms with Gasteiger partial charge in [-0.15, -0.1) is 0 Å². The number of phenolic OH excluding ortho intramolecular Hbond substituents is 1. The van der Waals surface area contributed by atoms with Crippen molar-refractivity contribution in [2.45, 2.75) is 6.92 Å². The molecule has 0 aliphatic heterocycles. The van der Waals surface area contributed by atoms with Crippen molar-refractivity contribution >= 4 is 41.0 Å². The van der Waals surface area contributed by atoms with Gasteiger partial charge in [0.15, 0.2) is 0 Å². The number of benzene rings is 2. The van der Waals surface area contributed by atoms with Crippen molar-refractivity contribution in [2.24, 2.45) is 5.10 Å². The van der Waals surface area contributed by atoms with Crippen LogP contribution in [0.5, 0.6) is 5.75 Å². The zero-order valence-corrected chi connectivity index (χ0v) is 14.1. The van der Waals surface area contributed by atoms with Crippen LogP contribution in [0.2, 0.25) is 5.02 Å². The van der Waals surface area contributed by atoms with Crippen LogP contribution < -0.4 is 10.7 Å². The number of hydrogen-bond acceptors (Lipinski definition) is 6. The second kappa shape index (κ2) is 8.08. The Labute approximate surface area is 152 Å². The SMILES string of the molecule is Cc1ccc(NC(=O)C(=O)N/N=C/c2cc(Cl)cc([N+](=O)[O-])c2O)cc1. The van der Waals surface area contributed by atoms with E-state index in [9.17, 15) is 24.8 Å². The molecule has 2 aromatic carbocycles. The third-order valence-electron chi connectivity index (χ3n) is 3.17. The van der Waals surface area contributed by atoms with Gasteiger partial charge in [-0.2, -0.15) is 5.10 Å². The predicted molar refractivity (Wildman–Crippen MR) is 95.3 cm³/mol. The van der Waals surface area contributed by atoms with E-state index in [0.717, 1.165) is 17.8 Å². The van der Waals surface area contributed by atoms with Crippen LogP contribution in [0.3, 0.4) is 0 Å². The topological polar surface area (TPSA) is 134 Å². The maximum atomic E-state index is 11.7. The summed E-state index contributed by atoms with van der Waals surface area (Å²) in [5.74, 6) is -2.67. The zero-order valence-electron chi connectivity index (χ0n) is 13.4. The number of hydrazone groups is 1. The first-order valence-electron chi connectivity index (χ1n) is 7.16. The Bertz CT molecular complexity index is 896. The number of amides is 2. The molecule has 0 aliphatic carbocycles. The fraction of sp³-hybridized carbons (Fsp3) is 0.0625. The number of aryl methyl sites for hydroxylation is 1. The van der Waals surface area contributed by atoms with Crippen molar-refractivity contribution in [3.8, 4) is 5.75 Å². The fourth-order valence-corrected chi connectivity index (χ4v) is 2.10. The Morgan fingerprint density at radius 2 is 1.88 bits per heavy atom. The summed E-state index contributed by atoms with van der Waals surface area (Å²) in [5, 5.41) is 26.5. The molecule has 0 saturated carbocycles. The highest BCUT2D eigenvalue weighted by atomic mass is 35.5. The third kappa shape index (κ3) is 4.77. The lowest BCUT2D eigenvalue weighted by molar-refractivity contribution is -0.385. The van der Waals surface area contributed by atoms with E-state index < -0.39 is 28.2 Å². The van der Waals surface area contributed by atoms with Gasteiger partial charge < -0.3 is 10.4 Å². The molecule has 0 radical (unpaired) electrons. The van der Waals surface area contributed by atoms with Crippen molar-refractivity contribution in [2.75, 3.05) is 5.32 Å². The second-order valence-corrected chi connectivity index (χ2v) is 5.58. The third-order valence-corrected chi connectivity index (χ3v) is 3.38. The standard InChI is InChI=1S/C16H13ClN4O5/c1-9-2-4-12(5-3-9)19-15(23)16(24)20-18-8-10-6-11(17)7-13(14(10)22)21(25)26/h2-8,22H,1H3,(H,19,23)(H,20,24)/b18-8+. The minimum Gasteiger partial charge on any atom is -0.502 e. The van der Waals surface area contributed by atoms with Crippen molar-refractivity contribution in [3.63, 3.8) is 0 Å². The number of carbonyl (C=O) groups is 2. The largest absolute Gasteiger partial charge is 0.502 e. The number of phenols is 1. The highest BCUT2D eigenvalue weighted by molar-refractivity contribution is 6.39. The molecule has 0 unspecified atom stereocenters. The van der Waals surface area contributed by atoms with Gasteiger partial charge in [0.1, 0.15) is 0 Å². The Morgan fingerprint density at radius 3 is 2.50 bits per heavy atom. The van der Waals surface area contributed by atoms with E-state index in [0.29, 0.717) is 5.69 Å². The van der Waals surface area contributed by atoms with E-state index in [1.54, 1.807) is 24.3 Å². The average Bonchev–Trinajstić information content (AvgIpc) is 2.59. The first-order valence-corrected chi connectivity index (χ1v) is 7.53. The number of nitrogens with one attached hydrogen (secondary N) is 2. The number of halogens is 1. The minimum atomic E-state index is -1.06. The molecule has 0 fully saturated rings. The zero-order chi connectivity index (χ0) is 19.3. The highest BCUT2D eigenvalue weighted by Crippen LogP contribution is 2.32. The fourth-order valence-electron chi connectivity index (χ4n) is 1.88. The van der Waals surface area contributed by atoms with Gasteiger partial charge in [0.25, 0.3) is 0 Å². The second-order valence-electron chi connectivity index (χ2n) is 5.14. The molecular formula is C16H13ClN4O5. The van der Waals surface area contributed by atoms with Gasteiger partial charge in [-0.1, -0.05) is 29.3 Å². The first kappa shape index (κ1) is 18.9. The lowest BCUT2D eigenvalue weighted by Gasteiger charge is -2.04. The maximum Gasteiger partial charge on any atom is 0.329 e. The summed E-state index contributed by atoms with van der Waals surface area (Å²) in [6, 6.07) is 8.98. The molecule has 9 nitrogen and oxygen atoms in total. The normalized spacial score (nSPS) is 10.5. The predicted octanol–water partition coefficient (Wildman–Crippen LogP) is 2.35. The summed E-state index contributed by atoms with van der Waals surface area (Å²) in [5.41, 5.74) is 2.68. The molecule has 0 saturated heterocycles. The lowest BCUT2D eigenvalue weighted by Crippen LogP contribution is -2.32. The summed E-state index contributed by atoms with van der Waals surface area (Å²) in [6.07, 6.45) is 0.936. The van der Waals surface area contributed by atoms with Gasteiger partial charge in [0.05, 0.1) is 11.1 Å². The molecule has 10 heteroatoms. The minimum absolute atomic E-state index is 0.000564. The number of rotatable bonds is 4.